The number of halogens is 2. The highest BCUT2D eigenvalue weighted by Gasteiger charge is 2.31. The van der Waals surface area contributed by atoms with Crippen molar-refractivity contribution in [1.82, 2.24) is 5.32 Å². The lowest BCUT2D eigenvalue weighted by Crippen LogP contribution is -2.28. The summed E-state index contributed by atoms with van der Waals surface area (Å²) in [4.78, 5) is 0. The highest BCUT2D eigenvalue weighted by atomic mass is 19.3. The van der Waals surface area contributed by atoms with Crippen LogP contribution in [0.25, 0.3) is 0 Å². The minimum absolute atomic E-state index is 0.0261. The number of rotatable bonds is 4. The van der Waals surface area contributed by atoms with E-state index in [1.54, 1.807) is 18.2 Å². The fourth-order valence-electron chi connectivity index (χ4n) is 2.38. The van der Waals surface area contributed by atoms with Gasteiger partial charge >= 0.3 is 0 Å². The van der Waals surface area contributed by atoms with E-state index in [0.717, 1.165) is 25.9 Å². The zero-order valence-electron chi connectivity index (χ0n) is 9.96. The van der Waals surface area contributed by atoms with Gasteiger partial charge in [-0.25, -0.2) is 8.78 Å². The van der Waals surface area contributed by atoms with Gasteiger partial charge in [-0.15, -0.1) is 0 Å². The van der Waals surface area contributed by atoms with Gasteiger partial charge in [0.2, 0.25) is 0 Å². The van der Waals surface area contributed by atoms with E-state index >= 15 is 0 Å². The maximum absolute atomic E-state index is 13.9. The van der Waals surface area contributed by atoms with E-state index in [1.165, 1.54) is 12.1 Å². The first-order valence-corrected chi connectivity index (χ1v) is 6.32. The van der Waals surface area contributed by atoms with Crippen LogP contribution in [0.4, 0.5) is 8.78 Å². The molecule has 0 aromatic heterocycles. The molecule has 1 aromatic rings. The number of hydrogen-bond acceptors (Lipinski definition) is 1. The molecule has 0 amide bonds. The Kier molecular flexibility index (Phi) is 4.11. The molecule has 2 rings (SSSR count). The lowest BCUT2D eigenvalue weighted by atomic mass is 9.90. The lowest BCUT2D eigenvalue weighted by Gasteiger charge is -2.25. The Morgan fingerprint density at radius 3 is 2.41 bits per heavy atom. The van der Waals surface area contributed by atoms with Gasteiger partial charge < -0.3 is 5.32 Å². The second-order valence-electron chi connectivity index (χ2n) is 4.80. The van der Waals surface area contributed by atoms with Crippen LogP contribution in [-0.4, -0.2) is 13.1 Å². The predicted octanol–water partition coefficient (Wildman–Crippen LogP) is 3.56. The van der Waals surface area contributed by atoms with Gasteiger partial charge in [0.1, 0.15) is 0 Å². The monoisotopic (exact) mass is 239 g/mol. The molecular weight excluding hydrogens is 220 g/mol. The smallest absolute Gasteiger partial charge is 0.273 e. The maximum Gasteiger partial charge on any atom is 0.273 e. The summed E-state index contributed by atoms with van der Waals surface area (Å²) < 4.78 is 27.8. The molecule has 1 nitrogen and oxygen atoms in total. The van der Waals surface area contributed by atoms with E-state index in [0.29, 0.717) is 12.3 Å². The van der Waals surface area contributed by atoms with E-state index in [4.69, 9.17) is 0 Å². The van der Waals surface area contributed by atoms with Crippen molar-refractivity contribution < 1.29 is 8.78 Å². The number of nitrogens with one attached hydrogen (secondary N) is 1. The Bertz CT molecular complexity index is 331. The van der Waals surface area contributed by atoms with Crippen molar-refractivity contribution in [2.75, 3.05) is 13.1 Å². The second kappa shape index (κ2) is 5.58. The van der Waals surface area contributed by atoms with E-state index in [9.17, 15) is 8.78 Å². The van der Waals surface area contributed by atoms with Crippen molar-refractivity contribution >= 4 is 0 Å². The Balaban J connectivity index is 1.88. The normalized spacial score (nSPS) is 18.2. The molecule has 3 heteroatoms. The van der Waals surface area contributed by atoms with Crippen LogP contribution in [0.3, 0.4) is 0 Å². The molecule has 1 aromatic carbocycles. The average molecular weight is 239 g/mol. The summed E-state index contributed by atoms with van der Waals surface area (Å²) in [5, 5.41) is 3.26. The molecule has 1 fully saturated rings. The zero-order chi connectivity index (χ0) is 12.1. The van der Waals surface area contributed by atoms with Crippen LogP contribution in [0.15, 0.2) is 30.3 Å². The summed E-state index contributed by atoms with van der Waals surface area (Å²) in [5.74, 6) is -2.21. The summed E-state index contributed by atoms with van der Waals surface area (Å²) >= 11 is 0. The Morgan fingerprint density at radius 1 is 1.12 bits per heavy atom. The number of piperidine rings is 1. The highest BCUT2D eigenvalue weighted by molar-refractivity contribution is 5.19. The third kappa shape index (κ3) is 3.50. The van der Waals surface area contributed by atoms with Crippen LogP contribution in [0.2, 0.25) is 0 Å². The highest BCUT2D eigenvalue weighted by Crippen LogP contribution is 2.35. The molecule has 1 N–H and O–H groups in total. The Morgan fingerprint density at radius 2 is 1.76 bits per heavy atom. The first kappa shape index (κ1) is 12.5. The van der Waals surface area contributed by atoms with Gasteiger partial charge in [0.05, 0.1) is 0 Å². The molecule has 1 heterocycles. The molecule has 0 aliphatic carbocycles. The SMILES string of the molecule is FC(F)(CCC1CCNCC1)c1ccccc1. The molecular formula is C14H19F2N. The van der Waals surface area contributed by atoms with Crippen molar-refractivity contribution in [3.63, 3.8) is 0 Å². The first-order valence-electron chi connectivity index (χ1n) is 6.32. The third-order valence-corrected chi connectivity index (χ3v) is 3.52. The largest absolute Gasteiger partial charge is 0.317 e. The van der Waals surface area contributed by atoms with Gasteiger partial charge in [0.15, 0.2) is 0 Å². The van der Waals surface area contributed by atoms with E-state index in [-0.39, 0.29) is 12.0 Å². The van der Waals surface area contributed by atoms with Crippen LogP contribution >= 0.6 is 0 Å². The minimum atomic E-state index is -2.67. The van der Waals surface area contributed by atoms with Crippen LogP contribution in [-0.2, 0) is 5.92 Å². The van der Waals surface area contributed by atoms with Gasteiger partial charge in [-0.1, -0.05) is 30.3 Å². The molecule has 0 bridgehead atoms. The second-order valence-corrected chi connectivity index (χ2v) is 4.80. The maximum atomic E-state index is 13.9. The molecule has 1 aliphatic heterocycles. The van der Waals surface area contributed by atoms with E-state index in [1.807, 2.05) is 0 Å². The summed E-state index contributed by atoms with van der Waals surface area (Å²) in [6, 6.07) is 8.15. The third-order valence-electron chi connectivity index (χ3n) is 3.52. The predicted molar refractivity (Wildman–Crippen MR) is 65.2 cm³/mol. The van der Waals surface area contributed by atoms with Crippen LogP contribution in [0.1, 0.15) is 31.2 Å². The Hall–Kier alpha value is -0.960. The van der Waals surface area contributed by atoms with Crippen molar-refractivity contribution in [3.05, 3.63) is 35.9 Å². The average Bonchev–Trinajstić information content (AvgIpc) is 2.39. The quantitative estimate of drug-likeness (QED) is 0.847. The standard InChI is InChI=1S/C14H19F2N/c15-14(16,13-4-2-1-3-5-13)9-6-12-7-10-17-11-8-12/h1-5,12,17H,6-11H2. The number of alkyl halides is 2. The fraction of sp³-hybridized carbons (Fsp3) is 0.571. The summed E-state index contributed by atoms with van der Waals surface area (Å²) in [7, 11) is 0. The van der Waals surface area contributed by atoms with Gasteiger partial charge in [0, 0.05) is 12.0 Å². The van der Waals surface area contributed by atoms with Crippen molar-refractivity contribution in [2.45, 2.75) is 31.6 Å². The van der Waals surface area contributed by atoms with Gasteiger partial charge in [-0.2, -0.15) is 0 Å². The zero-order valence-corrected chi connectivity index (χ0v) is 9.96. The number of hydrogen-bond donors (Lipinski definition) is 1. The topological polar surface area (TPSA) is 12.0 Å². The van der Waals surface area contributed by atoms with Crippen LogP contribution < -0.4 is 5.32 Å². The summed E-state index contributed by atoms with van der Waals surface area (Å²) in [6.07, 6.45) is 2.67. The lowest BCUT2D eigenvalue weighted by molar-refractivity contribution is -0.0202. The molecule has 17 heavy (non-hydrogen) atoms. The van der Waals surface area contributed by atoms with Crippen molar-refractivity contribution in [2.24, 2.45) is 5.92 Å². The van der Waals surface area contributed by atoms with E-state index < -0.39 is 5.92 Å². The van der Waals surface area contributed by atoms with Gasteiger partial charge in [-0.05, 0) is 38.3 Å². The fourth-order valence-corrected chi connectivity index (χ4v) is 2.38. The van der Waals surface area contributed by atoms with Gasteiger partial charge in [-0.3, -0.25) is 0 Å². The van der Waals surface area contributed by atoms with Crippen LogP contribution in [0.5, 0.6) is 0 Å². The molecule has 94 valence electrons. The molecule has 0 saturated carbocycles. The van der Waals surface area contributed by atoms with Crippen LogP contribution in [0, 0.1) is 5.92 Å². The molecule has 0 radical (unpaired) electrons. The van der Waals surface area contributed by atoms with Crippen molar-refractivity contribution in [3.8, 4) is 0 Å². The first-order chi connectivity index (χ1) is 8.18. The number of benzene rings is 1. The van der Waals surface area contributed by atoms with Crippen molar-refractivity contribution in [1.29, 1.82) is 0 Å². The molecule has 0 spiro atoms. The molecule has 0 unspecified atom stereocenters. The molecule has 1 aliphatic rings. The summed E-state index contributed by atoms with van der Waals surface area (Å²) in [5.41, 5.74) is 0.147. The minimum Gasteiger partial charge on any atom is -0.317 e. The molecule has 0 atom stereocenters. The summed E-state index contributed by atoms with van der Waals surface area (Å²) in [6.45, 7) is 1.95. The van der Waals surface area contributed by atoms with Gasteiger partial charge in [0.25, 0.3) is 5.92 Å². The molecule has 1 saturated heterocycles. The van der Waals surface area contributed by atoms with E-state index in [2.05, 4.69) is 5.32 Å². The Labute approximate surface area is 101 Å².